The highest BCUT2D eigenvalue weighted by atomic mass is 32.2. The third-order valence-electron chi connectivity index (χ3n) is 2.58. The van der Waals surface area contributed by atoms with Crippen molar-refractivity contribution in [3.05, 3.63) is 46.8 Å². The first-order chi connectivity index (χ1) is 9.68. The van der Waals surface area contributed by atoms with Crippen molar-refractivity contribution < 1.29 is 21.6 Å². The van der Waals surface area contributed by atoms with Crippen molar-refractivity contribution in [1.29, 1.82) is 0 Å². The lowest BCUT2D eigenvalue weighted by molar-refractivity contribution is -0.137. The molecule has 2 aromatic rings. The summed E-state index contributed by atoms with van der Waals surface area (Å²) in [4.78, 5) is 0. The second kappa shape index (κ2) is 5.66. The zero-order chi connectivity index (χ0) is 15.7. The Bertz CT molecular complexity index is 739. The molecule has 21 heavy (non-hydrogen) atoms. The number of hydrogen-bond donors (Lipinski definition) is 2. The molecule has 0 unspecified atom stereocenters. The Labute approximate surface area is 123 Å². The number of nitrogens with two attached hydrogens (primary N) is 1. The maximum atomic E-state index is 12.6. The summed E-state index contributed by atoms with van der Waals surface area (Å²) in [7, 11) is -3.78. The highest BCUT2D eigenvalue weighted by molar-refractivity contribution is 7.91. The highest BCUT2D eigenvalue weighted by Gasteiger charge is 2.30. The van der Waals surface area contributed by atoms with E-state index in [4.69, 9.17) is 5.73 Å². The van der Waals surface area contributed by atoms with Crippen molar-refractivity contribution in [2.75, 3.05) is 5.73 Å². The lowest BCUT2D eigenvalue weighted by atomic mass is 10.1. The van der Waals surface area contributed by atoms with E-state index in [1.54, 1.807) is 0 Å². The molecule has 1 aromatic carbocycles. The fourth-order valence-corrected chi connectivity index (χ4v) is 3.72. The molecular formula is C12H11F3N2O2S2. The van der Waals surface area contributed by atoms with Gasteiger partial charge >= 0.3 is 6.18 Å². The molecule has 2 rings (SSSR count). The predicted octanol–water partition coefficient (Wildman–Crippen LogP) is 2.83. The van der Waals surface area contributed by atoms with Crippen LogP contribution in [0.5, 0.6) is 0 Å². The predicted molar refractivity (Wildman–Crippen MR) is 74.2 cm³/mol. The normalized spacial score (nSPS) is 12.5. The van der Waals surface area contributed by atoms with Crippen molar-refractivity contribution in [1.82, 2.24) is 4.72 Å². The van der Waals surface area contributed by atoms with Gasteiger partial charge in [0.1, 0.15) is 4.21 Å². The van der Waals surface area contributed by atoms with Gasteiger partial charge in [0.2, 0.25) is 10.0 Å². The fraction of sp³-hybridized carbons (Fsp3) is 0.167. The molecule has 0 atom stereocenters. The summed E-state index contributed by atoms with van der Waals surface area (Å²) in [6.45, 7) is -0.232. The Morgan fingerprint density at radius 3 is 2.52 bits per heavy atom. The first-order valence-electron chi connectivity index (χ1n) is 5.68. The van der Waals surface area contributed by atoms with Crippen LogP contribution < -0.4 is 10.5 Å². The van der Waals surface area contributed by atoms with Crippen LogP contribution in [0.1, 0.15) is 11.1 Å². The van der Waals surface area contributed by atoms with E-state index in [0.29, 0.717) is 5.69 Å². The number of benzene rings is 1. The number of thiophene rings is 1. The maximum absolute atomic E-state index is 12.6. The summed E-state index contributed by atoms with van der Waals surface area (Å²) in [5, 5.41) is 1.47. The average molecular weight is 336 g/mol. The number of anilines is 1. The van der Waals surface area contributed by atoms with Crippen LogP contribution in [0.3, 0.4) is 0 Å². The van der Waals surface area contributed by atoms with E-state index in [1.165, 1.54) is 23.6 Å². The van der Waals surface area contributed by atoms with E-state index >= 15 is 0 Å². The summed E-state index contributed by atoms with van der Waals surface area (Å²) >= 11 is 0.944. The summed E-state index contributed by atoms with van der Waals surface area (Å²) < 4.78 is 63.8. The minimum absolute atomic E-state index is 0.0203. The van der Waals surface area contributed by atoms with Gasteiger partial charge in [-0.1, -0.05) is 18.2 Å². The molecule has 0 radical (unpaired) electrons. The van der Waals surface area contributed by atoms with Gasteiger partial charge in [0.25, 0.3) is 0 Å². The first kappa shape index (κ1) is 15.8. The van der Waals surface area contributed by atoms with Crippen LogP contribution in [0.25, 0.3) is 0 Å². The molecule has 0 aliphatic rings. The van der Waals surface area contributed by atoms with Gasteiger partial charge in [-0.25, -0.2) is 13.1 Å². The zero-order valence-electron chi connectivity index (χ0n) is 10.5. The minimum atomic E-state index is -4.46. The lowest BCUT2D eigenvalue weighted by Crippen LogP contribution is -2.22. The largest absolute Gasteiger partial charge is 0.416 e. The van der Waals surface area contributed by atoms with Crippen molar-refractivity contribution in [3.8, 4) is 0 Å². The van der Waals surface area contributed by atoms with Gasteiger partial charge in [-0.3, -0.25) is 0 Å². The minimum Gasteiger partial charge on any atom is -0.398 e. The van der Waals surface area contributed by atoms with E-state index in [-0.39, 0.29) is 16.3 Å². The quantitative estimate of drug-likeness (QED) is 0.902. The van der Waals surface area contributed by atoms with Crippen LogP contribution in [0.4, 0.5) is 18.9 Å². The van der Waals surface area contributed by atoms with Crippen LogP contribution in [0.15, 0.2) is 39.9 Å². The second-order valence-corrected chi connectivity index (χ2v) is 7.13. The van der Waals surface area contributed by atoms with Crippen LogP contribution in [0, 0.1) is 0 Å². The number of halogens is 3. The molecular weight excluding hydrogens is 325 g/mol. The maximum Gasteiger partial charge on any atom is 0.416 e. The Morgan fingerprint density at radius 1 is 1.24 bits per heavy atom. The monoisotopic (exact) mass is 336 g/mol. The van der Waals surface area contributed by atoms with E-state index in [0.717, 1.165) is 23.5 Å². The molecule has 114 valence electrons. The molecule has 3 N–H and O–H groups in total. The smallest absolute Gasteiger partial charge is 0.398 e. The average Bonchev–Trinajstić information content (AvgIpc) is 2.83. The number of sulfonamides is 1. The zero-order valence-corrected chi connectivity index (χ0v) is 12.1. The Kier molecular flexibility index (Phi) is 4.26. The fourth-order valence-electron chi connectivity index (χ4n) is 1.58. The molecule has 0 aliphatic heterocycles. The Morgan fingerprint density at radius 2 is 1.95 bits per heavy atom. The van der Waals surface area contributed by atoms with Gasteiger partial charge in [-0.2, -0.15) is 13.2 Å². The SMILES string of the molecule is Nc1csc(S(=O)(=O)NCc2cccc(C(F)(F)F)c2)c1. The Hall–Kier alpha value is -1.58. The summed E-state index contributed by atoms with van der Waals surface area (Å²) in [6, 6.07) is 5.78. The summed E-state index contributed by atoms with van der Waals surface area (Å²) in [5.74, 6) is 0. The second-order valence-electron chi connectivity index (χ2n) is 4.22. The van der Waals surface area contributed by atoms with Gasteiger partial charge in [0.15, 0.2) is 0 Å². The lowest BCUT2D eigenvalue weighted by Gasteiger charge is -2.09. The molecule has 1 heterocycles. The van der Waals surface area contributed by atoms with Crippen molar-refractivity contribution >= 4 is 27.0 Å². The number of rotatable bonds is 4. The Balaban J connectivity index is 2.13. The highest BCUT2D eigenvalue weighted by Crippen LogP contribution is 2.29. The molecule has 0 saturated carbocycles. The molecule has 9 heteroatoms. The molecule has 0 amide bonds. The van der Waals surface area contributed by atoms with Crippen LogP contribution >= 0.6 is 11.3 Å². The summed E-state index contributed by atoms with van der Waals surface area (Å²) in [6.07, 6.45) is -4.46. The van der Waals surface area contributed by atoms with E-state index < -0.39 is 21.8 Å². The van der Waals surface area contributed by atoms with Crippen molar-refractivity contribution in [3.63, 3.8) is 0 Å². The third-order valence-corrected chi connectivity index (χ3v) is 5.44. The van der Waals surface area contributed by atoms with Crippen molar-refractivity contribution in [2.45, 2.75) is 16.9 Å². The first-order valence-corrected chi connectivity index (χ1v) is 8.04. The van der Waals surface area contributed by atoms with E-state index in [1.807, 2.05) is 0 Å². The van der Waals surface area contributed by atoms with Crippen molar-refractivity contribution in [2.24, 2.45) is 0 Å². The van der Waals surface area contributed by atoms with Gasteiger partial charge < -0.3 is 5.73 Å². The molecule has 0 saturated heterocycles. The van der Waals surface area contributed by atoms with Gasteiger partial charge in [0.05, 0.1) is 5.56 Å². The van der Waals surface area contributed by atoms with Crippen LogP contribution in [-0.4, -0.2) is 8.42 Å². The van der Waals surface area contributed by atoms with Crippen LogP contribution in [0.2, 0.25) is 0 Å². The topological polar surface area (TPSA) is 72.2 Å². The molecule has 0 spiro atoms. The van der Waals surface area contributed by atoms with E-state index in [9.17, 15) is 21.6 Å². The number of nitrogen functional groups attached to an aromatic ring is 1. The number of nitrogens with one attached hydrogen (secondary N) is 1. The molecule has 1 aromatic heterocycles. The molecule has 4 nitrogen and oxygen atoms in total. The number of alkyl halides is 3. The standard InChI is InChI=1S/C12H11F3N2O2S2/c13-12(14,15)9-3-1-2-8(4-9)6-17-21(18,19)11-5-10(16)7-20-11/h1-5,7,17H,6,16H2. The molecule has 0 aliphatic carbocycles. The number of hydrogen-bond acceptors (Lipinski definition) is 4. The third kappa shape index (κ3) is 3.96. The molecule has 0 bridgehead atoms. The van der Waals surface area contributed by atoms with Gasteiger partial charge in [-0.15, -0.1) is 11.3 Å². The van der Waals surface area contributed by atoms with Gasteiger partial charge in [-0.05, 0) is 17.7 Å². The van der Waals surface area contributed by atoms with E-state index in [2.05, 4.69) is 4.72 Å². The van der Waals surface area contributed by atoms with Crippen LogP contribution in [-0.2, 0) is 22.7 Å². The summed E-state index contributed by atoms with van der Waals surface area (Å²) in [5.41, 5.74) is 5.16. The van der Waals surface area contributed by atoms with Gasteiger partial charge in [0, 0.05) is 17.6 Å². The molecule has 0 fully saturated rings.